The molecule has 0 aromatic heterocycles. The van der Waals surface area contributed by atoms with Gasteiger partial charge < -0.3 is 10.1 Å². The second-order valence-corrected chi connectivity index (χ2v) is 6.27. The summed E-state index contributed by atoms with van der Waals surface area (Å²) in [6, 6.07) is 0.459. The maximum atomic E-state index is 11.8. The van der Waals surface area contributed by atoms with Crippen LogP contribution in [0.4, 0.5) is 0 Å². The normalized spacial score (nSPS) is 18.4. The number of hydrogen-bond donors (Lipinski definition) is 1. The molecule has 1 aliphatic rings. The van der Waals surface area contributed by atoms with E-state index in [1.54, 1.807) is 0 Å². The fraction of sp³-hybridized carbons (Fsp3) is 0.929. The smallest absolute Gasteiger partial charge is 0.323 e. The van der Waals surface area contributed by atoms with E-state index in [0.717, 1.165) is 18.1 Å². The second-order valence-electron chi connectivity index (χ2n) is 5.12. The molecule has 0 aliphatic heterocycles. The SMILES string of the molecule is CCOC(=O)C(CCSCC(C)CC)NC1CC1. The van der Waals surface area contributed by atoms with Crippen molar-refractivity contribution in [2.24, 2.45) is 5.92 Å². The van der Waals surface area contributed by atoms with E-state index in [9.17, 15) is 4.79 Å². The van der Waals surface area contributed by atoms with Crippen molar-refractivity contribution in [3.8, 4) is 0 Å². The molecule has 0 saturated heterocycles. The van der Waals surface area contributed by atoms with Crippen LogP contribution in [0, 0.1) is 5.92 Å². The van der Waals surface area contributed by atoms with E-state index in [1.807, 2.05) is 18.7 Å². The van der Waals surface area contributed by atoms with Crippen LogP contribution in [0.2, 0.25) is 0 Å². The molecule has 0 amide bonds. The van der Waals surface area contributed by atoms with Crippen molar-refractivity contribution in [3.63, 3.8) is 0 Å². The third-order valence-corrected chi connectivity index (χ3v) is 4.56. The van der Waals surface area contributed by atoms with E-state index in [4.69, 9.17) is 4.74 Å². The molecule has 0 aromatic carbocycles. The lowest BCUT2D eigenvalue weighted by atomic mass is 10.2. The van der Waals surface area contributed by atoms with Crippen molar-refractivity contribution >= 4 is 17.7 Å². The van der Waals surface area contributed by atoms with E-state index >= 15 is 0 Å². The van der Waals surface area contributed by atoms with Crippen LogP contribution in [0.3, 0.4) is 0 Å². The van der Waals surface area contributed by atoms with Crippen molar-refractivity contribution in [1.82, 2.24) is 5.32 Å². The average Bonchev–Trinajstić information content (AvgIpc) is 3.16. The molecule has 0 bridgehead atoms. The quantitative estimate of drug-likeness (QED) is 0.491. The third kappa shape index (κ3) is 6.64. The Hall–Kier alpha value is -0.220. The third-order valence-electron chi connectivity index (χ3n) is 3.24. The minimum Gasteiger partial charge on any atom is -0.465 e. The molecule has 106 valence electrons. The van der Waals surface area contributed by atoms with E-state index < -0.39 is 0 Å². The van der Waals surface area contributed by atoms with Crippen LogP contribution in [0.5, 0.6) is 0 Å². The predicted octanol–water partition coefficient (Wildman–Crippen LogP) is 2.84. The minimum atomic E-state index is -0.0955. The summed E-state index contributed by atoms with van der Waals surface area (Å²) in [5, 5.41) is 3.39. The fourth-order valence-electron chi connectivity index (χ4n) is 1.65. The minimum absolute atomic E-state index is 0.0754. The Morgan fingerprint density at radius 3 is 2.72 bits per heavy atom. The Labute approximate surface area is 115 Å². The fourth-order valence-corrected chi connectivity index (χ4v) is 2.86. The summed E-state index contributed by atoms with van der Waals surface area (Å²) >= 11 is 1.95. The standard InChI is InChI=1S/C14H27NO2S/c1-4-11(3)10-18-9-8-13(14(16)17-5-2)15-12-6-7-12/h11-13,15H,4-10H2,1-3H3. The average molecular weight is 273 g/mol. The Morgan fingerprint density at radius 1 is 1.44 bits per heavy atom. The molecule has 4 heteroatoms. The van der Waals surface area contributed by atoms with E-state index in [-0.39, 0.29) is 12.0 Å². The van der Waals surface area contributed by atoms with Crippen LogP contribution in [0.25, 0.3) is 0 Å². The molecule has 0 heterocycles. The van der Waals surface area contributed by atoms with Gasteiger partial charge in [-0.3, -0.25) is 4.79 Å². The molecule has 0 radical (unpaired) electrons. The predicted molar refractivity (Wildman–Crippen MR) is 78.0 cm³/mol. The molecule has 1 N–H and O–H groups in total. The molecular weight excluding hydrogens is 246 g/mol. The number of thioether (sulfide) groups is 1. The maximum absolute atomic E-state index is 11.8. The van der Waals surface area contributed by atoms with Crippen LogP contribution >= 0.6 is 11.8 Å². The molecule has 2 atom stereocenters. The zero-order valence-electron chi connectivity index (χ0n) is 11.9. The van der Waals surface area contributed by atoms with Gasteiger partial charge in [0, 0.05) is 6.04 Å². The van der Waals surface area contributed by atoms with Gasteiger partial charge in [0.15, 0.2) is 0 Å². The highest BCUT2D eigenvalue weighted by Gasteiger charge is 2.28. The first-order valence-electron chi connectivity index (χ1n) is 7.17. The Balaban J connectivity index is 2.20. The number of carbonyl (C=O) groups is 1. The van der Waals surface area contributed by atoms with E-state index in [0.29, 0.717) is 12.6 Å². The maximum Gasteiger partial charge on any atom is 0.323 e. The largest absolute Gasteiger partial charge is 0.465 e. The molecule has 1 aliphatic carbocycles. The van der Waals surface area contributed by atoms with Gasteiger partial charge >= 0.3 is 5.97 Å². The summed E-state index contributed by atoms with van der Waals surface area (Å²) in [7, 11) is 0. The van der Waals surface area contributed by atoms with Crippen LogP contribution in [-0.4, -0.2) is 36.2 Å². The van der Waals surface area contributed by atoms with Gasteiger partial charge in [-0.2, -0.15) is 11.8 Å². The molecular formula is C14H27NO2S. The van der Waals surface area contributed by atoms with E-state index in [1.165, 1.54) is 25.0 Å². The Morgan fingerprint density at radius 2 is 2.17 bits per heavy atom. The van der Waals surface area contributed by atoms with Crippen molar-refractivity contribution in [3.05, 3.63) is 0 Å². The molecule has 0 spiro atoms. The molecule has 18 heavy (non-hydrogen) atoms. The van der Waals surface area contributed by atoms with Gasteiger partial charge in [-0.15, -0.1) is 0 Å². The number of rotatable bonds is 10. The number of nitrogens with one attached hydrogen (secondary N) is 1. The molecule has 3 nitrogen and oxygen atoms in total. The Bertz CT molecular complexity index is 244. The lowest BCUT2D eigenvalue weighted by Crippen LogP contribution is -2.39. The highest BCUT2D eigenvalue weighted by atomic mass is 32.2. The van der Waals surface area contributed by atoms with Crippen molar-refractivity contribution < 1.29 is 9.53 Å². The summed E-state index contributed by atoms with van der Waals surface area (Å²) < 4.78 is 5.12. The monoisotopic (exact) mass is 273 g/mol. The zero-order chi connectivity index (χ0) is 13.4. The van der Waals surface area contributed by atoms with Gasteiger partial charge in [-0.05, 0) is 43.6 Å². The zero-order valence-corrected chi connectivity index (χ0v) is 12.7. The molecule has 1 rings (SSSR count). The highest BCUT2D eigenvalue weighted by Crippen LogP contribution is 2.21. The van der Waals surface area contributed by atoms with Gasteiger partial charge in [0.05, 0.1) is 6.61 Å². The van der Waals surface area contributed by atoms with Gasteiger partial charge in [0.25, 0.3) is 0 Å². The first-order valence-corrected chi connectivity index (χ1v) is 8.33. The van der Waals surface area contributed by atoms with Crippen LogP contribution in [-0.2, 0) is 9.53 Å². The van der Waals surface area contributed by atoms with Crippen LogP contribution < -0.4 is 5.32 Å². The van der Waals surface area contributed by atoms with Crippen molar-refractivity contribution in [2.75, 3.05) is 18.1 Å². The second kappa shape index (κ2) is 8.81. The summed E-state index contributed by atoms with van der Waals surface area (Å²) in [4.78, 5) is 11.8. The summed E-state index contributed by atoms with van der Waals surface area (Å²) in [5.74, 6) is 2.92. The van der Waals surface area contributed by atoms with Crippen LogP contribution in [0.1, 0.15) is 46.5 Å². The van der Waals surface area contributed by atoms with Crippen LogP contribution in [0.15, 0.2) is 0 Å². The molecule has 1 fully saturated rings. The number of hydrogen-bond acceptors (Lipinski definition) is 4. The van der Waals surface area contributed by atoms with Gasteiger partial charge in [0.1, 0.15) is 6.04 Å². The van der Waals surface area contributed by atoms with E-state index in [2.05, 4.69) is 19.2 Å². The van der Waals surface area contributed by atoms with Crippen molar-refractivity contribution in [2.45, 2.75) is 58.5 Å². The lowest BCUT2D eigenvalue weighted by Gasteiger charge is -2.17. The van der Waals surface area contributed by atoms with Gasteiger partial charge in [-0.1, -0.05) is 20.3 Å². The first-order chi connectivity index (χ1) is 8.67. The van der Waals surface area contributed by atoms with Crippen molar-refractivity contribution in [1.29, 1.82) is 0 Å². The number of esters is 1. The number of carbonyl (C=O) groups excluding carboxylic acids is 1. The van der Waals surface area contributed by atoms with Gasteiger partial charge in [0.2, 0.25) is 0 Å². The molecule has 0 aromatic rings. The molecule has 1 saturated carbocycles. The molecule has 2 unspecified atom stereocenters. The summed E-state index contributed by atoms with van der Waals surface area (Å²) in [5.41, 5.74) is 0. The van der Waals surface area contributed by atoms with Gasteiger partial charge in [-0.25, -0.2) is 0 Å². The first kappa shape index (κ1) is 15.8. The lowest BCUT2D eigenvalue weighted by molar-refractivity contribution is -0.145. The highest BCUT2D eigenvalue weighted by molar-refractivity contribution is 7.99. The topological polar surface area (TPSA) is 38.3 Å². The summed E-state index contributed by atoms with van der Waals surface area (Å²) in [6.07, 6.45) is 4.52. The Kier molecular flexibility index (Phi) is 7.75. The number of ether oxygens (including phenoxy) is 1. The summed E-state index contributed by atoms with van der Waals surface area (Å²) in [6.45, 7) is 6.84.